The molecule has 0 heterocycles. The summed E-state index contributed by atoms with van der Waals surface area (Å²) < 4.78 is 77.3. The lowest BCUT2D eigenvalue weighted by atomic mass is 9.68. The van der Waals surface area contributed by atoms with E-state index >= 15 is 0 Å². The second-order valence-electron chi connectivity index (χ2n) is 5.79. The molecule has 8 heteroatoms. The van der Waals surface area contributed by atoms with Crippen LogP contribution in [0.15, 0.2) is 0 Å². The van der Waals surface area contributed by atoms with Crippen LogP contribution < -0.4 is 0 Å². The molecule has 0 amide bonds. The molecule has 4 atom stereocenters. The zero-order valence-corrected chi connectivity index (χ0v) is 12.6. The standard InChI is InChI=1S/C12H15F6IO/c13-11(14,15)10(20,12(16,17)18)7-2-3-8-6(5-7)1-4-9(8)19/h6-9,20H,1-5H2. The molecule has 1 nitrogen and oxygen atoms in total. The van der Waals surface area contributed by atoms with Gasteiger partial charge >= 0.3 is 12.4 Å². The predicted molar refractivity (Wildman–Crippen MR) is 68.4 cm³/mol. The number of rotatable bonds is 1. The van der Waals surface area contributed by atoms with Gasteiger partial charge < -0.3 is 5.11 Å². The van der Waals surface area contributed by atoms with E-state index in [1.807, 2.05) is 0 Å². The van der Waals surface area contributed by atoms with Crippen molar-refractivity contribution in [1.82, 2.24) is 0 Å². The highest BCUT2D eigenvalue weighted by Gasteiger charge is 2.74. The van der Waals surface area contributed by atoms with Crippen molar-refractivity contribution >= 4 is 22.6 Å². The fourth-order valence-electron chi connectivity index (χ4n) is 3.69. The van der Waals surface area contributed by atoms with Crippen molar-refractivity contribution in [3.05, 3.63) is 0 Å². The maximum atomic E-state index is 12.8. The second kappa shape index (κ2) is 5.17. The van der Waals surface area contributed by atoms with Gasteiger partial charge in [0, 0.05) is 9.84 Å². The molecular formula is C12H15F6IO. The summed E-state index contributed by atoms with van der Waals surface area (Å²) >= 11 is 2.22. The van der Waals surface area contributed by atoms with Gasteiger partial charge in [-0.15, -0.1) is 0 Å². The SMILES string of the molecule is OC(C1CCC2C(I)CCC2C1)(C(F)(F)F)C(F)(F)F. The van der Waals surface area contributed by atoms with Crippen molar-refractivity contribution < 1.29 is 31.4 Å². The fraction of sp³-hybridized carbons (Fsp3) is 1.00. The molecule has 2 fully saturated rings. The van der Waals surface area contributed by atoms with E-state index in [1.165, 1.54) is 0 Å². The Morgan fingerprint density at radius 1 is 0.850 bits per heavy atom. The van der Waals surface area contributed by atoms with E-state index in [-0.39, 0.29) is 24.7 Å². The molecule has 0 aliphatic heterocycles. The van der Waals surface area contributed by atoms with E-state index in [9.17, 15) is 31.4 Å². The Bertz CT molecular complexity index is 352. The van der Waals surface area contributed by atoms with Crippen molar-refractivity contribution in [2.75, 3.05) is 0 Å². The zero-order valence-electron chi connectivity index (χ0n) is 10.4. The third-order valence-electron chi connectivity index (χ3n) is 4.77. The van der Waals surface area contributed by atoms with Gasteiger partial charge in [0.1, 0.15) is 0 Å². The summed E-state index contributed by atoms with van der Waals surface area (Å²) in [5.41, 5.74) is -4.58. The van der Waals surface area contributed by atoms with E-state index in [0.29, 0.717) is 16.8 Å². The van der Waals surface area contributed by atoms with Crippen LogP contribution in [0.3, 0.4) is 0 Å². The van der Waals surface area contributed by atoms with Gasteiger partial charge in [-0.25, -0.2) is 0 Å². The summed E-state index contributed by atoms with van der Waals surface area (Å²) in [6.07, 6.45) is -9.98. The average molecular weight is 416 g/mol. The van der Waals surface area contributed by atoms with Gasteiger partial charge in [0.25, 0.3) is 5.60 Å². The molecule has 20 heavy (non-hydrogen) atoms. The lowest BCUT2D eigenvalue weighted by Crippen LogP contribution is -2.62. The first-order valence-electron chi connectivity index (χ1n) is 6.48. The molecule has 2 saturated carbocycles. The molecule has 0 spiro atoms. The van der Waals surface area contributed by atoms with Crippen molar-refractivity contribution in [1.29, 1.82) is 0 Å². The first-order valence-corrected chi connectivity index (χ1v) is 7.73. The maximum Gasteiger partial charge on any atom is 0.426 e. The minimum absolute atomic E-state index is 0.133. The monoisotopic (exact) mass is 416 g/mol. The van der Waals surface area contributed by atoms with E-state index in [0.717, 1.165) is 6.42 Å². The quantitative estimate of drug-likeness (QED) is 0.380. The highest BCUT2D eigenvalue weighted by atomic mass is 127. The molecule has 0 aromatic heterocycles. The Hall–Kier alpha value is 0.270. The van der Waals surface area contributed by atoms with Gasteiger partial charge in [0.15, 0.2) is 0 Å². The van der Waals surface area contributed by atoms with Crippen molar-refractivity contribution in [3.8, 4) is 0 Å². The van der Waals surface area contributed by atoms with Crippen LogP contribution >= 0.6 is 22.6 Å². The number of alkyl halides is 7. The minimum Gasteiger partial charge on any atom is -0.373 e. The van der Waals surface area contributed by atoms with Crippen LogP contribution in [-0.4, -0.2) is 27.0 Å². The molecule has 0 bridgehead atoms. The van der Waals surface area contributed by atoms with Gasteiger partial charge in [-0.05, 0) is 43.9 Å². The molecule has 118 valence electrons. The Kier molecular flexibility index (Phi) is 4.30. The lowest BCUT2D eigenvalue weighted by Gasteiger charge is -2.43. The summed E-state index contributed by atoms with van der Waals surface area (Å²) in [5, 5.41) is 9.44. The van der Waals surface area contributed by atoms with Gasteiger partial charge in [0.2, 0.25) is 0 Å². The maximum absolute atomic E-state index is 12.8. The zero-order chi connectivity index (χ0) is 15.3. The Morgan fingerprint density at radius 2 is 1.40 bits per heavy atom. The third-order valence-corrected chi connectivity index (χ3v) is 6.32. The molecule has 0 aromatic rings. The second-order valence-corrected chi connectivity index (χ2v) is 7.39. The van der Waals surface area contributed by atoms with Crippen molar-refractivity contribution in [2.24, 2.45) is 17.8 Å². The number of hydrogen-bond donors (Lipinski definition) is 1. The van der Waals surface area contributed by atoms with Gasteiger partial charge in [-0.3, -0.25) is 0 Å². The van der Waals surface area contributed by atoms with Crippen LogP contribution in [0.5, 0.6) is 0 Å². The molecule has 4 unspecified atom stereocenters. The van der Waals surface area contributed by atoms with Crippen LogP contribution in [-0.2, 0) is 0 Å². The smallest absolute Gasteiger partial charge is 0.373 e. The lowest BCUT2D eigenvalue weighted by molar-refractivity contribution is -0.388. The fourth-order valence-corrected chi connectivity index (χ4v) is 4.99. The molecule has 2 rings (SSSR count). The summed E-state index contributed by atoms with van der Waals surface area (Å²) in [7, 11) is 0. The van der Waals surface area contributed by atoms with Crippen LogP contribution in [0.2, 0.25) is 0 Å². The topological polar surface area (TPSA) is 20.2 Å². The molecular weight excluding hydrogens is 401 g/mol. The van der Waals surface area contributed by atoms with E-state index < -0.39 is 23.9 Å². The highest BCUT2D eigenvalue weighted by molar-refractivity contribution is 14.1. The Morgan fingerprint density at radius 3 is 1.90 bits per heavy atom. The number of aliphatic hydroxyl groups is 1. The molecule has 1 N–H and O–H groups in total. The first kappa shape index (κ1) is 16.6. The van der Waals surface area contributed by atoms with E-state index in [2.05, 4.69) is 22.6 Å². The minimum atomic E-state index is -5.69. The summed E-state index contributed by atoms with van der Waals surface area (Å²) in [5.74, 6) is -1.73. The van der Waals surface area contributed by atoms with Crippen molar-refractivity contribution in [3.63, 3.8) is 0 Å². The number of hydrogen-bond acceptors (Lipinski definition) is 1. The molecule has 0 saturated heterocycles. The van der Waals surface area contributed by atoms with E-state index in [1.54, 1.807) is 0 Å². The normalized spacial score (nSPS) is 36.0. The number of fused-ring (bicyclic) bond motifs is 1. The van der Waals surface area contributed by atoms with Crippen LogP contribution in [0, 0.1) is 17.8 Å². The largest absolute Gasteiger partial charge is 0.426 e. The van der Waals surface area contributed by atoms with Crippen molar-refractivity contribution in [2.45, 2.75) is 54.0 Å². The van der Waals surface area contributed by atoms with Crippen LogP contribution in [0.25, 0.3) is 0 Å². The Balaban J connectivity index is 2.25. The van der Waals surface area contributed by atoms with Gasteiger partial charge in [0.05, 0.1) is 0 Å². The molecule has 2 aliphatic carbocycles. The summed E-state index contributed by atoms with van der Waals surface area (Å²) in [4.78, 5) is 0. The molecule has 0 radical (unpaired) electrons. The van der Waals surface area contributed by atoms with Gasteiger partial charge in [-0.2, -0.15) is 26.3 Å². The third kappa shape index (κ3) is 2.55. The highest BCUT2D eigenvalue weighted by Crippen LogP contribution is 2.56. The summed E-state index contributed by atoms with van der Waals surface area (Å²) in [6, 6.07) is 0. The molecule has 0 aromatic carbocycles. The van der Waals surface area contributed by atoms with E-state index in [4.69, 9.17) is 0 Å². The predicted octanol–water partition coefficient (Wildman–Crippen LogP) is 4.47. The first-order chi connectivity index (χ1) is 8.98. The van der Waals surface area contributed by atoms with Crippen LogP contribution in [0.1, 0.15) is 32.1 Å². The summed E-state index contributed by atoms with van der Waals surface area (Å²) in [6.45, 7) is 0. The Labute approximate surface area is 126 Å². The average Bonchev–Trinajstić information content (AvgIpc) is 2.66. The number of halogens is 7. The van der Waals surface area contributed by atoms with Gasteiger partial charge in [-0.1, -0.05) is 22.6 Å². The molecule has 2 aliphatic rings. The van der Waals surface area contributed by atoms with Crippen LogP contribution in [0.4, 0.5) is 26.3 Å².